The number of benzene rings is 1. The van der Waals surface area contributed by atoms with Gasteiger partial charge in [0.1, 0.15) is 5.75 Å². The molecule has 1 rings (SSSR count). The molecule has 0 saturated carbocycles. The van der Waals surface area contributed by atoms with Crippen LogP contribution in [0.25, 0.3) is 0 Å². The molecule has 1 amide bonds. The van der Waals surface area contributed by atoms with Gasteiger partial charge < -0.3 is 10.4 Å². The lowest BCUT2D eigenvalue weighted by Crippen LogP contribution is -2.22. The maximum atomic E-state index is 11.1. The Morgan fingerprint density at radius 3 is 1.75 bits per heavy atom. The molecule has 0 aliphatic carbocycles. The predicted molar refractivity (Wildman–Crippen MR) is 83.0 cm³/mol. The summed E-state index contributed by atoms with van der Waals surface area (Å²) >= 11 is 0. The highest BCUT2D eigenvalue weighted by Gasteiger charge is 2.26. The van der Waals surface area contributed by atoms with E-state index < -0.39 is 0 Å². The number of carbonyl (C=O) groups excluding carboxylic acids is 1. The van der Waals surface area contributed by atoms with Crippen molar-refractivity contribution in [3.05, 3.63) is 28.8 Å². The molecule has 0 spiro atoms. The molecule has 0 heterocycles. The summed E-state index contributed by atoms with van der Waals surface area (Å²) in [5.41, 5.74) is 2.58. The van der Waals surface area contributed by atoms with Gasteiger partial charge in [0, 0.05) is 13.5 Å². The van der Waals surface area contributed by atoms with Gasteiger partial charge in [0.25, 0.3) is 0 Å². The summed E-state index contributed by atoms with van der Waals surface area (Å²) in [7, 11) is 0. The first-order valence-corrected chi connectivity index (χ1v) is 7.04. The van der Waals surface area contributed by atoms with Gasteiger partial charge in [-0.1, -0.05) is 41.5 Å². The molecule has 1 aromatic carbocycles. The van der Waals surface area contributed by atoms with Crippen molar-refractivity contribution in [2.24, 2.45) is 0 Å². The van der Waals surface area contributed by atoms with Crippen LogP contribution < -0.4 is 5.32 Å². The van der Waals surface area contributed by atoms with E-state index in [1.54, 1.807) is 0 Å². The van der Waals surface area contributed by atoms with E-state index in [2.05, 4.69) is 46.9 Å². The number of amides is 1. The number of phenols is 1. The number of phenolic OH excluding ortho intramolecular Hbond substituents is 1. The Balaban J connectivity index is 3.38. The van der Waals surface area contributed by atoms with Gasteiger partial charge in [-0.3, -0.25) is 4.79 Å². The van der Waals surface area contributed by atoms with E-state index in [-0.39, 0.29) is 16.7 Å². The number of hydrogen-bond acceptors (Lipinski definition) is 2. The van der Waals surface area contributed by atoms with Crippen molar-refractivity contribution in [3.63, 3.8) is 0 Å². The summed E-state index contributed by atoms with van der Waals surface area (Å²) in [6.07, 6.45) is 0. The van der Waals surface area contributed by atoms with Crippen LogP contribution in [-0.4, -0.2) is 11.0 Å². The maximum absolute atomic E-state index is 11.1. The molecule has 2 N–H and O–H groups in total. The average molecular weight is 277 g/mol. The van der Waals surface area contributed by atoms with Crippen LogP contribution in [0.2, 0.25) is 0 Å². The maximum Gasteiger partial charge on any atom is 0.217 e. The number of aromatic hydroxyl groups is 1. The van der Waals surface area contributed by atoms with Gasteiger partial charge in [-0.15, -0.1) is 0 Å². The Hall–Kier alpha value is -1.51. The van der Waals surface area contributed by atoms with Crippen LogP contribution in [0.15, 0.2) is 12.1 Å². The van der Waals surface area contributed by atoms with E-state index >= 15 is 0 Å². The molecule has 0 aliphatic heterocycles. The smallest absolute Gasteiger partial charge is 0.217 e. The van der Waals surface area contributed by atoms with Crippen LogP contribution in [0, 0.1) is 0 Å². The van der Waals surface area contributed by atoms with E-state index in [0.717, 1.165) is 16.7 Å². The highest BCUT2D eigenvalue weighted by atomic mass is 16.3. The van der Waals surface area contributed by atoms with Crippen LogP contribution in [0.3, 0.4) is 0 Å². The highest BCUT2D eigenvalue weighted by molar-refractivity contribution is 5.72. The quantitative estimate of drug-likeness (QED) is 0.867. The summed E-state index contributed by atoms with van der Waals surface area (Å²) in [6.45, 7) is 14.5. The third-order valence-corrected chi connectivity index (χ3v) is 3.33. The average Bonchev–Trinajstić information content (AvgIpc) is 2.24. The number of carbonyl (C=O) groups is 1. The minimum absolute atomic E-state index is 0.0484. The zero-order valence-corrected chi connectivity index (χ0v) is 13.7. The molecule has 20 heavy (non-hydrogen) atoms. The lowest BCUT2D eigenvalue weighted by Gasteiger charge is -2.28. The van der Waals surface area contributed by atoms with E-state index in [4.69, 9.17) is 0 Å². The molecule has 1 aromatic rings. The summed E-state index contributed by atoms with van der Waals surface area (Å²) < 4.78 is 0. The van der Waals surface area contributed by atoms with Crippen molar-refractivity contribution in [1.82, 2.24) is 5.32 Å². The second-order valence-corrected chi connectivity index (χ2v) is 7.45. The molecule has 0 fully saturated rings. The Bertz CT molecular complexity index is 470. The SMILES string of the molecule is CC(=O)NCc1cc(C(C)(C)C)c(O)c(C(C)(C)C)c1. The van der Waals surface area contributed by atoms with Gasteiger partial charge >= 0.3 is 0 Å². The minimum atomic E-state index is -0.143. The first-order valence-electron chi connectivity index (χ1n) is 7.04. The van der Waals surface area contributed by atoms with E-state index in [1.807, 2.05) is 12.1 Å². The number of nitrogens with one attached hydrogen (secondary N) is 1. The van der Waals surface area contributed by atoms with Gasteiger partial charge in [-0.25, -0.2) is 0 Å². The lowest BCUT2D eigenvalue weighted by molar-refractivity contribution is -0.119. The largest absolute Gasteiger partial charge is 0.507 e. The van der Waals surface area contributed by atoms with Crippen molar-refractivity contribution in [1.29, 1.82) is 0 Å². The summed E-state index contributed by atoms with van der Waals surface area (Å²) in [5.74, 6) is 0.323. The van der Waals surface area contributed by atoms with Gasteiger partial charge in [0.05, 0.1) is 0 Å². The second kappa shape index (κ2) is 5.47. The van der Waals surface area contributed by atoms with Crippen molar-refractivity contribution in [3.8, 4) is 5.75 Å². The third-order valence-electron chi connectivity index (χ3n) is 3.33. The molecule has 112 valence electrons. The van der Waals surface area contributed by atoms with E-state index in [0.29, 0.717) is 12.3 Å². The molecule has 3 nitrogen and oxygen atoms in total. The van der Waals surface area contributed by atoms with Crippen molar-refractivity contribution in [2.45, 2.75) is 65.8 Å². The fraction of sp³-hybridized carbons (Fsp3) is 0.588. The molecule has 0 bridgehead atoms. The molecule has 3 heteroatoms. The molecule has 0 saturated heterocycles. The topological polar surface area (TPSA) is 49.3 Å². The van der Waals surface area contributed by atoms with Crippen LogP contribution in [0.4, 0.5) is 0 Å². The van der Waals surface area contributed by atoms with E-state index in [1.165, 1.54) is 6.92 Å². The number of hydrogen-bond donors (Lipinski definition) is 2. The number of rotatable bonds is 2. The first-order chi connectivity index (χ1) is 8.93. The molecule has 0 radical (unpaired) electrons. The second-order valence-electron chi connectivity index (χ2n) is 7.45. The minimum Gasteiger partial charge on any atom is -0.507 e. The Morgan fingerprint density at radius 2 is 1.45 bits per heavy atom. The van der Waals surface area contributed by atoms with Gasteiger partial charge in [-0.2, -0.15) is 0 Å². The molecule has 0 atom stereocenters. The van der Waals surface area contributed by atoms with Crippen molar-refractivity contribution < 1.29 is 9.90 Å². The van der Waals surface area contributed by atoms with Gasteiger partial charge in [0.2, 0.25) is 5.91 Å². The molecular formula is C17H27NO2. The Morgan fingerprint density at radius 1 is 1.05 bits per heavy atom. The highest BCUT2D eigenvalue weighted by Crippen LogP contribution is 2.39. The molecule has 0 unspecified atom stereocenters. The third kappa shape index (κ3) is 3.99. The van der Waals surface area contributed by atoms with Crippen LogP contribution in [0.1, 0.15) is 65.2 Å². The lowest BCUT2D eigenvalue weighted by atomic mass is 9.78. The Kier molecular flexibility index (Phi) is 4.52. The summed E-state index contributed by atoms with van der Waals surface area (Å²) in [4.78, 5) is 11.1. The van der Waals surface area contributed by atoms with Gasteiger partial charge in [0.15, 0.2) is 0 Å². The molecular weight excluding hydrogens is 250 g/mol. The van der Waals surface area contributed by atoms with Gasteiger partial charge in [-0.05, 0) is 39.7 Å². The monoisotopic (exact) mass is 277 g/mol. The zero-order chi connectivity index (χ0) is 15.7. The van der Waals surface area contributed by atoms with Crippen molar-refractivity contribution >= 4 is 5.91 Å². The van der Waals surface area contributed by atoms with Crippen molar-refractivity contribution in [2.75, 3.05) is 0 Å². The Labute approximate surface area is 122 Å². The summed E-state index contributed by atoms with van der Waals surface area (Å²) in [5, 5.41) is 13.4. The van der Waals surface area contributed by atoms with Crippen LogP contribution >= 0.6 is 0 Å². The van der Waals surface area contributed by atoms with Crippen LogP contribution in [0.5, 0.6) is 5.75 Å². The van der Waals surface area contributed by atoms with E-state index in [9.17, 15) is 9.90 Å². The molecule has 0 aliphatic rings. The fourth-order valence-electron chi connectivity index (χ4n) is 2.17. The fourth-order valence-corrected chi connectivity index (χ4v) is 2.17. The summed E-state index contributed by atoms with van der Waals surface area (Å²) in [6, 6.07) is 3.97. The molecule has 0 aromatic heterocycles. The van der Waals surface area contributed by atoms with Crippen LogP contribution in [-0.2, 0) is 22.2 Å². The normalized spacial score (nSPS) is 12.3. The first kappa shape index (κ1) is 16.5. The standard InChI is InChI=1S/C17H27NO2/c1-11(19)18-10-12-8-13(16(2,3)4)15(20)14(9-12)17(5,6)7/h8-9,20H,10H2,1-7H3,(H,18,19). The zero-order valence-electron chi connectivity index (χ0n) is 13.7. The predicted octanol–water partition coefficient (Wildman–Crippen LogP) is 3.62.